The molecule has 2 aromatic rings. The van der Waals surface area contributed by atoms with E-state index in [1.165, 1.54) is 0 Å². The molecule has 2 atom stereocenters. The lowest BCUT2D eigenvalue weighted by Crippen LogP contribution is -2.98. The van der Waals surface area contributed by atoms with Crippen LogP contribution in [0.25, 0.3) is 0 Å². The molecular formula is C17H18Cl2N4O+2. The molecule has 3 rings (SSSR count). The number of rotatable bonds is 4. The first-order valence-electron chi connectivity index (χ1n) is 7.49. The fraction of sp³-hybridized carbons (Fsp3) is 0.176. The first kappa shape index (κ1) is 16.8. The van der Waals surface area contributed by atoms with E-state index in [9.17, 15) is 4.79 Å². The van der Waals surface area contributed by atoms with Crippen molar-refractivity contribution in [3.05, 3.63) is 71.8 Å². The van der Waals surface area contributed by atoms with Crippen molar-refractivity contribution >= 4 is 34.9 Å². The standard InChI is InChI=1S/C17H16Cl2N4O/c18-15(19)17(23-14(24)12-9-5-2-6-10-12)16(20)21-13(22-17)11-7-3-1-4-8-11/h1-10,15-16H,20H2,(H,21,22)(H,23,24)/p+2/t16-,17-/m0/s1. The highest BCUT2D eigenvalue weighted by molar-refractivity contribution is 6.45. The second-order valence-electron chi connectivity index (χ2n) is 5.55. The van der Waals surface area contributed by atoms with Crippen LogP contribution in [0, 0.1) is 0 Å². The number of carbonyl (C=O) groups excluding carboxylic acids is 1. The monoisotopic (exact) mass is 364 g/mol. The summed E-state index contributed by atoms with van der Waals surface area (Å²) < 4.78 is 0. The van der Waals surface area contributed by atoms with Gasteiger partial charge in [0.1, 0.15) is 0 Å². The normalized spacial score (nSPS) is 22.8. The number of amidine groups is 1. The van der Waals surface area contributed by atoms with Gasteiger partial charge in [0.15, 0.2) is 4.84 Å². The third-order valence-electron chi connectivity index (χ3n) is 3.96. The maximum Gasteiger partial charge on any atom is 0.303 e. The molecule has 0 aliphatic carbocycles. The molecule has 124 valence electrons. The van der Waals surface area contributed by atoms with Crippen molar-refractivity contribution in [2.24, 2.45) is 0 Å². The Morgan fingerprint density at radius 3 is 2.29 bits per heavy atom. The van der Waals surface area contributed by atoms with Gasteiger partial charge in [-0.3, -0.25) is 4.79 Å². The first-order valence-corrected chi connectivity index (χ1v) is 8.36. The summed E-state index contributed by atoms with van der Waals surface area (Å²) in [5, 5.41) is 6.12. The summed E-state index contributed by atoms with van der Waals surface area (Å²) in [7, 11) is 0. The number of halogens is 2. The van der Waals surface area contributed by atoms with Crippen LogP contribution in [0.5, 0.6) is 0 Å². The maximum atomic E-state index is 12.6. The number of benzene rings is 2. The molecule has 1 aliphatic rings. The van der Waals surface area contributed by atoms with Gasteiger partial charge in [0, 0.05) is 5.56 Å². The Morgan fingerprint density at radius 1 is 1.12 bits per heavy atom. The van der Waals surface area contributed by atoms with Crippen molar-refractivity contribution < 1.29 is 15.5 Å². The molecule has 7 heteroatoms. The second-order valence-corrected chi connectivity index (χ2v) is 6.65. The highest BCUT2D eigenvalue weighted by atomic mass is 35.5. The van der Waals surface area contributed by atoms with E-state index in [1.807, 2.05) is 36.4 Å². The topological polar surface area (TPSA) is 82.7 Å². The molecule has 0 bridgehead atoms. The van der Waals surface area contributed by atoms with Crippen molar-refractivity contribution in [3.63, 3.8) is 0 Å². The lowest BCUT2D eigenvalue weighted by molar-refractivity contribution is -0.702. The molecule has 0 unspecified atom stereocenters. The van der Waals surface area contributed by atoms with E-state index in [0.717, 1.165) is 11.4 Å². The Labute approximate surface area is 149 Å². The third kappa shape index (κ3) is 3.11. The molecule has 2 aromatic carbocycles. The predicted octanol–water partition coefficient (Wildman–Crippen LogP) is -0.385. The predicted molar refractivity (Wildman–Crippen MR) is 93.5 cm³/mol. The molecule has 0 aromatic heterocycles. The van der Waals surface area contributed by atoms with Gasteiger partial charge in [-0.1, -0.05) is 59.6 Å². The minimum absolute atomic E-state index is 0.279. The highest BCUT2D eigenvalue weighted by Crippen LogP contribution is 2.21. The minimum Gasteiger partial charge on any atom is -0.314 e. The van der Waals surface area contributed by atoms with Crippen LogP contribution in [0.3, 0.4) is 0 Å². The maximum absolute atomic E-state index is 12.6. The molecule has 1 amide bonds. The summed E-state index contributed by atoms with van der Waals surface area (Å²) in [6.45, 7) is 0. The molecule has 6 N–H and O–H groups in total. The molecule has 0 saturated heterocycles. The zero-order chi connectivity index (χ0) is 17.2. The van der Waals surface area contributed by atoms with Crippen LogP contribution in [0.4, 0.5) is 0 Å². The van der Waals surface area contributed by atoms with Crippen molar-refractivity contribution in [2.75, 3.05) is 0 Å². The van der Waals surface area contributed by atoms with Gasteiger partial charge in [0.05, 0.1) is 5.56 Å². The molecular weight excluding hydrogens is 347 g/mol. The number of alkyl halides is 2. The molecule has 0 spiro atoms. The summed E-state index contributed by atoms with van der Waals surface area (Å²) in [6, 6.07) is 18.5. The fourth-order valence-corrected chi connectivity index (χ4v) is 3.13. The smallest absolute Gasteiger partial charge is 0.303 e. The lowest BCUT2D eigenvalue weighted by Gasteiger charge is -2.27. The van der Waals surface area contributed by atoms with Gasteiger partial charge in [-0.05, 0) is 24.3 Å². The van der Waals surface area contributed by atoms with Gasteiger partial charge in [-0.15, -0.1) is 0 Å². The molecule has 5 nitrogen and oxygen atoms in total. The number of nitrogens with one attached hydrogen (secondary N) is 3. The van der Waals surface area contributed by atoms with Gasteiger partial charge >= 0.3 is 5.66 Å². The Hall–Kier alpha value is -2.08. The number of hydrogen-bond donors (Lipinski definition) is 4. The van der Waals surface area contributed by atoms with Crippen molar-refractivity contribution in [1.82, 2.24) is 10.6 Å². The zero-order valence-electron chi connectivity index (χ0n) is 12.8. The van der Waals surface area contributed by atoms with Crippen molar-refractivity contribution in [3.8, 4) is 0 Å². The average Bonchev–Trinajstić information content (AvgIpc) is 2.94. The number of carbonyl (C=O) groups is 1. The zero-order valence-corrected chi connectivity index (χ0v) is 14.3. The van der Waals surface area contributed by atoms with Gasteiger partial charge in [-0.25, -0.2) is 10.3 Å². The van der Waals surface area contributed by atoms with Crippen LogP contribution in [-0.2, 0) is 0 Å². The average molecular weight is 365 g/mol. The van der Waals surface area contributed by atoms with E-state index >= 15 is 0 Å². The number of quaternary nitrogens is 1. The largest absolute Gasteiger partial charge is 0.314 e. The number of amides is 1. The molecule has 1 heterocycles. The summed E-state index contributed by atoms with van der Waals surface area (Å²) in [5.41, 5.74) is 4.38. The van der Waals surface area contributed by atoms with E-state index in [-0.39, 0.29) is 5.91 Å². The second kappa shape index (κ2) is 6.81. The van der Waals surface area contributed by atoms with E-state index in [1.54, 1.807) is 24.3 Å². The van der Waals surface area contributed by atoms with E-state index in [4.69, 9.17) is 23.2 Å². The molecule has 0 radical (unpaired) electrons. The van der Waals surface area contributed by atoms with Crippen molar-refractivity contribution in [2.45, 2.75) is 16.7 Å². The highest BCUT2D eigenvalue weighted by Gasteiger charge is 2.58. The summed E-state index contributed by atoms with van der Waals surface area (Å²) >= 11 is 12.4. The number of hydrogen-bond acceptors (Lipinski definition) is 2. The van der Waals surface area contributed by atoms with E-state index < -0.39 is 16.7 Å². The summed E-state index contributed by atoms with van der Waals surface area (Å²) in [6.07, 6.45) is -0.458. The molecule has 0 fully saturated rings. The van der Waals surface area contributed by atoms with E-state index in [0.29, 0.717) is 5.56 Å². The Balaban J connectivity index is 1.87. The SMILES string of the molecule is [NH3+][C@H]1[NH+]=C(c2ccccc2)N[C@]1(NC(=O)c1ccccc1)C(Cl)Cl. The first-order chi connectivity index (χ1) is 11.5. The summed E-state index contributed by atoms with van der Waals surface area (Å²) in [4.78, 5) is 14.9. The Morgan fingerprint density at radius 2 is 1.71 bits per heavy atom. The van der Waals surface area contributed by atoms with Crippen molar-refractivity contribution in [1.29, 1.82) is 0 Å². The summed E-state index contributed by atoms with van der Waals surface area (Å²) in [5.74, 6) is 0.439. The van der Waals surface area contributed by atoms with Crippen LogP contribution in [0.15, 0.2) is 60.7 Å². The van der Waals surface area contributed by atoms with Crippen LogP contribution >= 0.6 is 23.2 Å². The van der Waals surface area contributed by atoms with Crippen LogP contribution in [0.1, 0.15) is 15.9 Å². The van der Waals surface area contributed by atoms with Crippen LogP contribution < -0.4 is 21.4 Å². The van der Waals surface area contributed by atoms with Crippen LogP contribution in [-0.4, -0.2) is 28.4 Å². The Bertz CT molecular complexity index is 752. The molecule has 24 heavy (non-hydrogen) atoms. The molecule has 1 aliphatic heterocycles. The van der Waals surface area contributed by atoms with Gasteiger partial charge < -0.3 is 11.1 Å². The van der Waals surface area contributed by atoms with E-state index in [2.05, 4.69) is 21.4 Å². The fourth-order valence-electron chi connectivity index (χ4n) is 2.61. The Kier molecular flexibility index (Phi) is 4.76. The van der Waals surface area contributed by atoms with Gasteiger partial charge in [0.2, 0.25) is 0 Å². The quantitative estimate of drug-likeness (QED) is 0.557. The minimum atomic E-state index is -1.12. The van der Waals surface area contributed by atoms with Gasteiger partial charge in [-0.2, -0.15) is 0 Å². The molecule has 0 saturated carbocycles. The lowest BCUT2D eigenvalue weighted by atomic mass is 10.1. The van der Waals surface area contributed by atoms with Gasteiger partial charge in [0.25, 0.3) is 17.9 Å². The third-order valence-corrected chi connectivity index (χ3v) is 4.65. The van der Waals surface area contributed by atoms with Crippen LogP contribution in [0.2, 0.25) is 0 Å².